The minimum atomic E-state index is -3.73. The summed E-state index contributed by atoms with van der Waals surface area (Å²) in [6, 6.07) is 5.62. The molecular formula is C10H13N4O4S+. The van der Waals surface area contributed by atoms with Crippen LogP contribution in [0, 0.1) is 5.53 Å². The fourth-order valence-electron chi connectivity index (χ4n) is 1.22. The zero-order chi connectivity index (χ0) is 14.5. The molecule has 0 spiro atoms. The Hall–Kier alpha value is -2.22. The Labute approximate surface area is 109 Å². The second kappa shape index (κ2) is 6.10. The molecule has 0 aromatic heterocycles. The van der Waals surface area contributed by atoms with Gasteiger partial charge in [0, 0.05) is 5.69 Å². The van der Waals surface area contributed by atoms with Crippen LogP contribution in [0.25, 0.3) is 0 Å². The number of anilines is 1. The Morgan fingerprint density at radius 3 is 2.42 bits per heavy atom. The highest BCUT2D eigenvalue weighted by Gasteiger charge is 2.23. The van der Waals surface area contributed by atoms with Crippen molar-refractivity contribution in [3.05, 3.63) is 24.3 Å². The van der Waals surface area contributed by atoms with Crippen molar-refractivity contribution in [3.8, 4) is 0 Å². The third-order valence-electron chi connectivity index (χ3n) is 2.20. The van der Waals surface area contributed by atoms with E-state index in [2.05, 4.69) is 14.8 Å². The van der Waals surface area contributed by atoms with Crippen LogP contribution >= 0.6 is 0 Å². The van der Waals surface area contributed by atoms with Gasteiger partial charge in [0.15, 0.2) is 0 Å². The fraction of sp³-hybridized carbons (Fsp3) is 0.200. The molecule has 0 aliphatic rings. The standard InChI is InChI=1S/C10H13N4O4S/c1-18-10(15)9(14-11)6-13-7-2-4-8(5-3-7)19(12,16)17/h2-5,11,13H,6H2,1H3,(H2,12,16,17)/q+1. The van der Waals surface area contributed by atoms with Gasteiger partial charge >= 0.3 is 11.7 Å². The van der Waals surface area contributed by atoms with E-state index in [1.54, 1.807) is 0 Å². The maximum absolute atomic E-state index is 11.1. The summed E-state index contributed by atoms with van der Waals surface area (Å²) in [4.78, 5) is 14.2. The van der Waals surface area contributed by atoms with Crippen molar-refractivity contribution in [2.45, 2.75) is 4.90 Å². The lowest BCUT2D eigenvalue weighted by atomic mass is 10.3. The van der Waals surface area contributed by atoms with E-state index in [-0.39, 0.29) is 17.2 Å². The molecule has 0 unspecified atom stereocenters. The van der Waals surface area contributed by atoms with Crippen molar-refractivity contribution in [2.24, 2.45) is 5.14 Å². The predicted molar refractivity (Wildman–Crippen MR) is 66.3 cm³/mol. The highest BCUT2D eigenvalue weighted by Crippen LogP contribution is 2.12. The molecule has 0 amide bonds. The average Bonchev–Trinajstić information content (AvgIpc) is 2.38. The van der Waals surface area contributed by atoms with E-state index in [4.69, 9.17) is 10.7 Å². The van der Waals surface area contributed by atoms with E-state index in [9.17, 15) is 13.2 Å². The summed E-state index contributed by atoms with van der Waals surface area (Å²) in [5, 5.41) is 7.76. The number of rotatable bonds is 5. The van der Waals surface area contributed by atoms with Gasteiger partial charge in [-0.15, -0.1) is 0 Å². The highest BCUT2D eigenvalue weighted by atomic mass is 32.2. The first-order valence-corrected chi connectivity index (χ1v) is 6.61. The Bertz CT molecular complexity index is 617. The summed E-state index contributed by atoms with van der Waals surface area (Å²) in [6.45, 7) is -0.00903. The van der Waals surface area contributed by atoms with Crippen LogP contribution < -0.4 is 10.5 Å². The van der Waals surface area contributed by atoms with Crippen LogP contribution in [-0.2, 0) is 19.6 Å². The Balaban J connectivity index is 2.75. The maximum Gasteiger partial charge on any atom is 0.443 e. The molecule has 4 N–H and O–H groups in total. The zero-order valence-corrected chi connectivity index (χ0v) is 10.9. The largest absolute Gasteiger partial charge is 0.460 e. The second-order valence-electron chi connectivity index (χ2n) is 3.47. The molecule has 0 saturated heterocycles. The molecule has 0 atom stereocenters. The van der Waals surface area contributed by atoms with Gasteiger partial charge in [0.1, 0.15) is 6.54 Å². The first-order valence-electron chi connectivity index (χ1n) is 5.07. The molecule has 102 valence electrons. The third kappa shape index (κ3) is 4.18. The van der Waals surface area contributed by atoms with Crippen molar-refractivity contribution in [3.63, 3.8) is 0 Å². The lowest BCUT2D eigenvalue weighted by molar-refractivity contribution is -0.151. The molecule has 0 fully saturated rings. The van der Waals surface area contributed by atoms with Crippen LogP contribution in [0.1, 0.15) is 0 Å². The molecule has 8 nitrogen and oxygen atoms in total. The number of primary sulfonamides is 1. The highest BCUT2D eigenvalue weighted by molar-refractivity contribution is 7.89. The van der Waals surface area contributed by atoms with Gasteiger partial charge in [-0.2, -0.15) is 0 Å². The summed E-state index contributed by atoms with van der Waals surface area (Å²) < 4.78 is 26.5. The van der Waals surface area contributed by atoms with Gasteiger partial charge in [0.25, 0.3) is 0 Å². The van der Waals surface area contributed by atoms with Gasteiger partial charge in [-0.3, -0.25) is 0 Å². The van der Waals surface area contributed by atoms with Crippen molar-refractivity contribution in [1.82, 2.24) is 0 Å². The van der Waals surface area contributed by atoms with Crippen LogP contribution in [0.4, 0.5) is 5.69 Å². The van der Waals surface area contributed by atoms with Gasteiger partial charge in [0.05, 0.1) is 22.3 Å². The van der Waals surface area contributed by atoms with Crippen LogP contribution in [0.2, 0.25) is 0 Å². The maximum atomic E-state index is 11.1. The Morgan fingerprint density at radius 2 is 2.00 bits per heavy atom. The van der Waals surface area contributed by atoms with E-state index in [1.165, 1.54) is 31.4 Å². The number of sulfonamides is 1. The molecule has 1 aromatic carbocycles. The van der Waals surface area contributed by atoms with Crippen LogP contribution in [0.15, 0.2) is 29.2 Å². The lowest BCUT2D eigenvalue weighted by Crippen LogP contribution is -2.25. The minimum absolute atomic E-state index is 0.00903. The topological polar surface area (TPSA) is 136 Å². The van der Waals surface area contributed by atoms with Gasteiger partial charge in [-0.05, 0) is 24.3 Å². The van der Waals surface area contributed by atoms with Crippen molar-refractivity contribution < 1.29 is 22.7 Å². The van der Waals surface area contributed by atoms with E-state index in [1.807, 2.05) is 0 Å². The number of nitrogens with one attached hydrogen (secondary N) is 2. The van der Waals surface area contributed by atoms with Gasteiger partial charge in [-0.1, -0.05) is 0 Å². The average molecular weight is 285 g/mol. The number of carbonyl (C=O) groups excluding carboxylic acids is 1. The smallest absolute Gasteiger partial charge is 0.443 e. The van der Waals surface area contributed by atoms with E-state index in [0.717, 1.165) is 0 Å². The van der Waals surface area contributed by atoms with Crippen LogP contribution in [-0.4, -0.2) is 38.5 Å². The molecule has 1 aromatic rings. The van der Waals surface area contributed by atoms with E-state index >= 15 is 0 Å². The number of nitrogens with zero attached hydrogens (tertiary/aromatic N) is 1. The minimum Gasteiger partial charge on any atom is -0.460 e. The van der Waals surface area contributed by atoms with Crippen molar-refractivity contribution in [1.29, 1.82) is 5.53 Å². The number of benzene rings is 1. The Morgan fingerprint density at radius 1 is 1.42 bits per heavy atom. The van der Waals surface area contributed by atoms with Gasteiger partial charge in [-0.25, -0.2) is 18.4 Å². The number of carbonyl (C=O) groups is 1. The third-order valence-corrected chi connectivity index (χ3v) is 3.13. The van der Waals surface area contributed by atoms with E-state index < -0.39 is 16.0 Å². The quantitative estimate of drug-likeness (QED) is 0.292. The number of nitrogens with two attached hydrogens (primary N) is 1. The van der Waals surface area contributed by atoms with Crippen LogP contribution in [0.5, 0.6) is 0 Å². The molecule has 0 bridgehead atoms. The molecule has 9 heteroatoms. The predicted octanol–water partition coefficient (Wildman–Crippen LogP) is -0.401. The molecule has 0 aliphatic carbocycles. The number of hydrogen-bond acceptors (Lipinski definition) is 6. The molecule has 1 rings (SSSR count). The SMILES string of the molecule is COC(=O)C(CNc1ccc(S(N)(=O)=O)cc1)=[N+]=N. The number of ether oxygens (including phenoxy) is 1. The summed E-state index contributed by atoms with van der Waals surface area (Å²) in [5.74, 6) is -0.705. The number of methoxy groups -OCH3 is 1. The Kier molecular flexibility index (Phi) is 4.76. The van der Waals surface area contributed by atoms with Crippen molar-refractivity contribution in [2.75, 3.05) is 19.0 Å². The summed E-state index contributed by atoms with van der Waals surface area (Å²) in [6.07, 6.45) is 0. The normalized spacial score (nSPS) is 10.4. The summed E-state index contributed by atoms with van der Waals surface area (Å²) in [7, 11) is -2.54. The first-order chi connectivity index (χ1) is 8.88. The van der Waals surface area contributed by atoms with Gasteiger partial charge in [0.2, 0.25) is 10.0 Å². The summed E-state index contributed by atoms with van der Waals surface area (Å²) in [5.41, 5.74) is 7.28. The molecular weight excluding hydrogens is 272 g/mol. The molecule has 0 aliphatic heterocycles. The first kappa shape index (κ1) is 14.8. The van der Waals surface area contributed by atoms with Gasteiger partial charge < -0.3 is 10.1 Å². The fourth-order valence-corrected chi connectivity index (χ4v) is 1.74. The molecule has 19 heavy (non-hydrogen) atoms. The number of esters is 1. The lowest BCUT2D eigenvalue weighted by Gasteiger charge is -2.03. The van der Waals surface area contributed by atoms with E-state index in [0.29, 0.717) is 5.69 Å². The summed E-state index contributed by atoms with van der Waals surface area (Å²) >= 11 is 0. The van der Waals surface area contributed by atoms with Crippen molar-refractivity contribution >= 4 is 27.4 Å². The second-order valence-corrected chi connectivity index (χ2v) is 5.03. The monoisotopic (exact) mass is 285 g/mol. The zero-order valence-electron chi connectivity index (χ0n) is 10.1. The molecule has 0 saturated carbocycles. The molecule has 0 radical (unpaired) electrons. The molecule has 0 heterocycles. The number of hydrogen-bond donors (Lipinski definition) is 3. The van der Waals surface area contributed by atoms with Crippen LogP contribution in [0.3, 0.4) is 0 Å².